The molecule has 0 aromatic carbocycles. The molecule has 0 bridgehead atoms. The fourth-order valence-electron chi connectivity index (χ4n) is 1.74. The highest BCUT2D eigenvalue weighted by molar-refractivity contribution is 9.10. The second-order valence-electron chi connectivity index (χ2n) is 4.24. The van der Waals surface area contributed by atoms with Gasteiger partial charge in [0.2, 0.25) is 0 Å². The number of halogens is 1. The van der Waals surface area contributed by atoms with Gasteiger partial charge in [-0.1, -0.05) is 0 Å². The third-order valence-electron chi connectivity index (χ3n) is 2.69. The summed E-state index contributed by atoms with van der Waals surface area (Å²) in [5.74, 6) is -1.27. The van der Waals surface area contributed by atoms with Gasteiger partial charge in [-0.05, 0) is 34.8 Å². The number of aromatic nitrogens is 1. The number of aliphatic carboxylic acids is 1. The molecule has 0 unspecified atom stereocenters. The molecule has 1 aromatic rings. The summed E-state index contributed by atoms with van der Waals surface area (Å²) in [7, 11) is 1.49. The second kappa shape index (κ2) is 4.52. The highest BCUT2D eigenvalue weighted by Gasteiger charge is 2.29. The van der Waals surface area contributed by atoms with E-state index >= 15 is 0 Å². The molecule has 1 aromatic heterocycles. The van der Waals surface area contributed by atoms with Crippen LogP contribution in [0.3, 0.4) is 0 Å². The van der Waals surface area contributed by atoms with Crippen molar-refractivity contribution in [1.82, 2.24) is 9.47 Å². The van der Waals surface area contributed by atoms with Crippen LogP contribution in [0.4, 0.5) is 0 Å². The molecule has 1 aliphatic rings. The van der Waals surface area contributed by atoms with Crippen LogP contribution in [0.25, 0.3) is 0 Å². The minimum Gasteiger partial charge on any atom is -0.480 e. The van der Waals surface area contributed by atoms with Crippen LogP contribution >= 0.6 is 15.9 Å². The number of likely N-dealkylation sites (N-methyl/N-ethyl adjacent to an activating group) is 1. The summed E-state index contributed by atoms with van der Waals surface area (Å²) < 4.78 is 2.77. The van der Waals surface area contributed by atoms with E-state index in [1.54, 1.807) is 6.07 Å². The molecule has 17 heavy (non-hydrogen) atoms. The standard InChI is InChI=1S/C11H13BrN2O3/c1-13(6-10(15)16)11(17)9-4-7(12)5-14(9)8-2-3-8/h4-5,8H,2-3,6H2,1H3,(H,15,16). The number of carbonyl (C=O) groups excluding carboxylic acids is 1. The third-order valence-corrected chi connectivity index (χ3v) is 3.13. The van der Waals surface area contributed by atoms with Crippen LogP contribution < -0.4 is 0 Å². The van der Waals surface area contributed by atoms with Crippen molar-refractivity contribution in [2.75, 3.05) is 13.6 Å². The van der Waals surface area contributed by atoms with Gasteiger partial charge < -0.3 is 14.6 Å². The topological polar surface area (TPSA) is 62.5 Å². The zero-order valence-electron chi connectivity index (χ0n) is 9.39. The Morgan fingerprint density at radius 1 is 1.59 bits per heavy atom. The van der Waals surface area contributed by atoms with Crippen LogP contribution in [0.2, 0.25) is 0 Å². The van der Waals surface area contributed by atoms with Gasteiger partial charge in [-0.2, -0.15) is 0 Å². The first-order valence-electron chi connectivity index (χ1n) is 5.33. The summed E-state index contributed by atoms with van der Waals surface area (Å²) in [6.07, 6.45) is 4.02. The zero-order valence-corrected chi connectivity index (χ0v) is 11.0. The van der Waals surface area contributed by atoms with E-state index in [0.717, 1.165) is 17.3 Å². The summed E-state index contributed by atoms with van der Waals surface area (Å²) >= 11 is 3.34. The predicted octanol–water partition coefficient (Wildman–Crippen LogP) is 1.74. The van der Waals surface area contributed by atoms with Crippen LogP contribution in [-0.4, -0.2) is 40.0 Å². The van der Waals surface area contributed by atoms with E-state index in [1.807, 2.05) is 10.8 Å². The quantitative estimate of drug-likeness (QED) is 0.921. The van der Waals surface area contributed by atoms with Gasteiger partial charge in [0, 0.05) is 23.8 Å². The highest BCUT2D eigenvalue weighted by Crippen LogP contribution is 2.37. The smallest absolute Gasteiger partial charge is 0.323 e. The lowest BCUT2D eigenvalue weighted by Crippen LogP contribution is -2.33. The summed E-state index contributed by atoms with van der Waals surface area (Å²) in [6, 6.07) is 2.12. The van der Waals surface area contributed by atoms with Crippen LogP contribution in [0.15, 0.2) is 16.7 Å². The fourth-order valence-corrected chi connectivity index (χ4v) is 2.18. The molecular formula is C11H13BrN2O3. The number of rotatable bonds is 4. The number of carboxylic acid groups (broad SMARTS) is 1. The molecule has 0 radical (unpaired) electrons. The van der Waals surface area contributed by atoms with Gasteiger partial charge in [-0.15, -0.1) is 0 Å². The first-order valence-corrected chi connectivity index (χ1v) is 6.13. The molecule has 1 N–H and O–H groups in total. The lowest BCUT2D eigenvalue weighted by molar-refractivity contribution is -0.137. The maximum Gasteiger partial charge on any atom is 0.323 e. The molecule has 1 amide bonds. The Bertz CT molecular complexity index is 465. The van der Waals surface area contributed by atoms with Gasteiger partial charge in [-0.3, -0.25) is 9.59 Å². The highest BCUT2D eigenvalue weighted by atomic mass is 79.9. The van der Waals surface area contributed by atoms with E-state index in [1.165, 1.54) is 11.9 Å². The molecule has 5 nitrogen and oxygen atoms in total. The second-order valence-corrected chi connectivity index (χ2v) is 5.15. The molecule has 1 saturated carbocycles. The Morgan fingerprint density at radius 3 is 2.76 bits per heavy atom. The summed E-state index contributed by atoms with van der Waals surface area (Å²) in [5, 5.41) is 8.67. The van der Waals surface area contributed by atoms with Crippen LogP contribution in [-0.2, 0) is 4.79 Å². The van der Waals surface area contributed by atoms with Crippen LogP contribution in [0, 0.1) is 0 Å². The zero-order chi connectivity index (χ0) is 12.6. The molecule has 1 fully saturated rings. The van der Waals surface area contributed by atoms with E-state index in [-0.39, 0.29) is 12.5 Å². The van der Waals surface area contributed by atoms with Crippen LogP contribution in [0.1, 0.15) is 29.4 Å². The number of carbonyl (C=O) groups is 2. The minimum atomic E-state index is -1.01. The Kier molecular flexibility index (Phi) is 3.24. The number of hydrogen-bond donors (Lipinski definition) is 1. The normalized spacial score (nSPS) is 14.7. The average Bonchev–Trinajstić information content (AvgIpc) is 3.00. The third kappa shape index (κ3) is 2.69. The Labute approximate surface area is 107 Å². The van der Waals surface area contributed by atoms with E-state index < -0.39 is 5.97 Å². The van der Waals surface area contributed by atoms with Crippen molar-refractivity contribution in [2.45, 2.75) is 18.9 Å². The van der Waals surface area contributed by atoms with E-state index in [0.29, 0.717) is 11.7 Å². The maximum absolute atomic E-state index is 12.1. The molecule has 92 valence electrons. The molecule has 1 heterocycles. The van der Waals surface area contributed by atoms with E-state index in [4.69, 9.17) is 5.11 Å². The van der Waals surface area contributed by atoms with Crippen molar-refractivity contribution in [3.05, 3.63) is 22.4 Å². The summed E-state index contributed by atoms with van der Waals surface area (Å²) in [4.78, 5) is 23.9. The Morgan fingerprint density at radius 2 is 2.24 bits per heavy atom. The number of nitrogens with zero attached hydrogens (tertiary/aromatic N) is 2. The minimum absolute atomic E-state index is 0.259. The fraction of sp³-hybridized carbons (Fsp3) is 0.455. The number of amides is 1. The first kappa shape index (κ1) is 12.2. The van der Waals surface area contributed by atoms with Crippen LogP contribution in [0.5, 0.6) is 0 Å². The number of hydrogen-bond acceptors (Lipinski definition) is 2. The molecule has 0 spiro atoms. The van der Waals surface area contributed by atoms with Crippen molar-refractivity contribution in [2.24, 2.45) is 0 Å². The molecular weight excluding hydrogens is 288 g/mol. The van der Waals surface area contributed by atoms with Gasteiger partial charge in [0.15, 0.2) is 0 Å². The molecule has 1 aliphatic carbocycles. The molecule has 0 atom stereocenters. The van der Waals surface area contributed by atoms with Crippen molar-refractivity contribution in [3.8, 4) is 0 Å². The number of carboxylic acids is 1. The first-order chi connectivity index (χ1) is 7.99. The van der Waals surface area contributed by atoms with Crippen molar-refractivity contribution < 1.29 is 14.7 Å². The molecule has 0 aliphatic heterocycles. The van der Waals surface area contributed by atoms with E-state index in [9.17, 15) is 9.59 Å². The molecule has 0 saturated heterocycles. The Balaban J connectivity index is 2.20. The average molecular weight is 301 g/mol. The SMILES string of the molecule is CN(CC(=O)O)C(=O)c1cc(Br)cn1C1CC1. The van der Waals surface area contributed by atoms with Gasteiger partial charge in [0.05, 0.1) is 0 Å². The predicted molar refractivity (Wildman–Crippen MR) is 65.0 cm³/mol. The molecule has 2 rings (SSSR count). The van der Waals surface area contributed by atoms with Gasteiger partial charge in [-0.25, -0.2) is 0 Å². The van der Waals surface area contributed by atoms with E-state index in [2.05, 4.69) is 15.9 Å². The van der Waals surface area contributed by atoms with Gasteiger partial charge >= 0.3 is 5.97 Å². The van der Waals surface area contributed by atoms with Gasteiger partial charge in [0.1, 0.15) is 12.2 Å². The van der Waals surface area contributed by atoms with Crippen molar-refractivity contribution >= 4 is 27.8 Å². The Hall–Kier alpha value is -1.30. The largest absolute Gasteiger partial charge is 0.480 e. The molecule has 6 heteroatoms. The van der Waals surface area contributed by atoms with Gasteiger partial charge in [0.25, 0.3) is 5.91 Å². The maximum atomic E-state index is 12.1. The summed E-state index contributed by atoms with van der Waals surface area (Å²) in [6.45, 7) is -0.285. The monoisotopic (exact) mass is 300 g/mol. The summed E-state index contributed by atoms with van der Waals surface area (Å²) in [5.41, 5.74) is 0.545. The lowest BCUT2D eigenvalue weighted by atomic mass is 10.3. The van der Waals surface area contributed by atoms with Crippen molar-refractivity contribution in [1.29, 1.82) is 0 Å². The van der Waals surface area contributed by atoms with Crippen molar-refractivity contribution in [3.63, 3.8) is 0 Å². The lowest BCUT2D eigenvalue weighted by Gasteiger charge is -2.15.